The van der Waals surface area contributed by atoms with Crippen molar-refractivity contribution in [1.82, 2.24) is 15.8 Å². The molecule has 0 bridgehead atoms. The number of rotatable bonds is 4. The Morgan fingerprint density at radius 1 is 1.14 bits per heavy atom. The van der Waals surface area contributed by atoms with Crippen LogP contribution in [0, 0.1) is 0 Å². The summed E-state index contributed by atoms with van der Waals surface area (Å²) in [6.45, 7) is 2.61. The molecule has 0 spiro atoms. The summed E-state index contributed by atoms with van der Waals surface area (Å²) in [7, 11) is 0. The number of carbonyl (C=O) groups excluding carboxylic acids is 3. The topological polar surface area (TPSA) is 78.5 Å². The molecule has 1 aliphatic heterocycles. The van der Waals surface area contributed by atoms with Gasteiger partial charge in [0.05, 0.1) is 0 Å². The van der Waals surface area contributed by atoms with Crippen LogP contribution in [0.4, 0.5) is 0 Å². The number of aryl methyl sites for hydroxylation is 1. The molecule has 2 N–H and O–H groups in total. The highest BCUT2D eigenvalue weighted by atomic mass is 16.2. The van der Waals surface area contributed by atoms with Crippen molar-refractivity contribution < 1.29 is 14.4 Å². The molecule has 1 aliphatic rings. The van der Waals surface area contributed by atoms with Gasteiger partial charge in [0.2, 0.25) is 5.91 Å². The molecule has 1 heterocycles. The quantitative estimate of drug-likeness (QED) is 0.815. The molecule has 0 unspecified atom stereocenters. The zero-order chi connectivity index (χ0) is 15.9. The zero-order valence-corrected chi connectivity index (χ0v) is 12.7. The Labute approximate surface area is 129 Å². The Morgan fingerprint density at radius 2 is 1.86 bits per heavy atom. The largest absolute Gasteiger partial charge is 0.333 e. The molecular formula is C16H21N3O3. The summed E-state index contributed by atoms with van der Waals surface area (Å²) in [5.74, 6) is -0.780. The number of nitrogens with one attached hydrogen (secondary N) is 2. The van der Waals surface area contributed by atoms with Crippen LogP contribution in [0.15, 0.2) is 24.3 Å². The average Bonchev–Trinajstić information content (AvgIpc) is 2.55. The van der Waals surface area contributed by atoms with E-state index in [2.05, 4.69) is 10.9 Å². The first kappa shape index (κ1) is 16.0. The monoisotopic (exact) mass is 303 g/mol. The summed E-state index contributed by atoms with van der Waals surface area (Å²) in [4.78, 5) is 36.8. The molecule has 3 amide bonds. The number of benzene rings is 1. The van der Waals surface area contributed by atoms with Crippen molar-refractivity contribution in [2.45, 2.75) is 32.6 Å². The van der Waals surface area contributed by atoms with Crippen molar-refractivity contribution in [3.63, 3.8) is 0 Å². The molecule has 6 heteroatoms. The van der Waals surface area contributed by atoms with E-state index in [1.54, 1.807) is 12.1 Å². The van der Waals surface area contributed by atoms with Crippen molar-refractivity contribution in [2.75, 3.05) is 13.1 Å². The van der Waals surface area contributed by atoms with Crippen LogP contribution in [0.1, 0.15) is 42.1 Å². The Bertz CT molecular complexity index is 554. The maximum atomic E-state index is 11.9. The lowest BCUT2D eigenvalue weighted by Gasteiger charge is -2.25. The second kappa shape index (κ2) is 7.59. The molecule has 22 heavy (non-hydrogen) atoms. The van der Waals surface area contributed by atoms with Gasteiger partial charge in [-0.05, 0) is 37.0 Å². The molecular weight excluding hydrogens is 282 g/mol. The molecule has 0 atom stereocenters. The number of hydrogen-bond donors (Lipinski definition) is 2. The third-order valence-electron chi connectivity index (χ3n) is 3.70. The van der Waals surface area contributed by atoms with Gasteiger partial charge in [-0.3, -0.25) is 25.2 Å². The minimum atomic E-state index is -0.395. The molecule has 1 fully saturated rings. The molecule has 2 rings (SSSR count). The van der Waals surface area contributed by atoms with E-state index in [1.165, 1.54) is 4.90 Å². The first-order valence-electron chi connectivity index (χ1n) is 7.56. The van der Waals surface area contributed by atoms with Gasteiger partial charge in [-0.2, -0.15) is 0 Å². The molecule has 0 aliphatic carbocycles. The first-order valence-corrected chi connectivity index (χ1v) is 7.56. The van der Waals surface area contributed by atoms with E-state index in [1.807, 2.05) is 19.1 Å². The van der Waals surface area contributed by atoms with E-state index in [4.69, 9.17) is 0 Å². The fourth-order valence-corrected chi connectivity index (χ4v) is 2.33. The van der Waals surface area contributed by atoms with Crippen LogP contribution >= 0.6 is 0 Å². The minimum Gasteiger partial charge on any atom is -0.333 e. The minimum absolute atomic E-state index is 0.0112. The Morgan fingerprint density at radius 3 is 2.50 bits per heavy atom. The van der Waals surface area contributed by atoms with E-state index < -0.39 is 5.91 Å². The van der Waals surface area contributed by atoms with Crippen LogP contribution in [-0.4, -0.2) is 35.7 Å². The number of amides is 3. The number of hydrogen-bond acceptors (Lipinski definition) is 3. The summed E-state index contributed by atoms with van der Waals surface area (Å²) in [5, 5.41) is 0. The molecule has 6 nitrogen and oxygen atoms in total. The number of hydrazine groups is 1. The van der Waals surface area contributed by atoms with Gasteiger partial charge >= 0.3 is 0 Å². The van der Waals surface area contributed by atoms with Crippen LogP contribution in [0.25, 0.3) is 0 Å². The van der Waals surface area contributed by atoms with Crippen molar-refractivity contribution in [1.29, 1.82) is 0 Å². The average molecular weight is 303 g/mol. The molecule has 1 aromatic carbocycles. The van der Waals surface area contributed by atoms with E-state index in [0.717, 1.165) is 24.8 Å². The van der Waals surface area contributed by atoms with Crippen LogP contribution in [-0.2, 0) is 16.0 Å². The lowest BCUT2D eigenvalue weighted by molar-refractivity contribution is -0.138. The van der Waals surface area contributed by atoms with Crippen molar-refractivity contribution in [2.24, 2.45) is 0 Å². The second-order valence-corrected chi connectivity index (χ2v) is 5.33. The maximum absolute atomic E-state index is 11.9. The van der Waals surface area contributed by atoms with Crippen LogP contribution in [0.5, 0.6) is 0 Å². The fourth-order valence-electron chi connectivity index (χ4n) is 2.33. The lowest BCUT2D eigenvalue weighted by Crippen LogP contribution is -2.48. The van der Waals surface area contributed by atoms with Gasteiger partial charge in [0, 0.05) is 18.5 Å². The van der Waals surface area contributed by atoms with Crippen molar-refractivity contribution in [3.8, 4) is 0 Å². The molecule has 1 aromatic rings. The molecule has 118 valence electrons. The number of piperidine rings is 1. The molecule has 1 saturated heterocycles. The third-order valence-corrected chi connectivity index (χ3v) is 3.70. The van der Waals surface area contributed by atoms with E-state index >= 15 is 0 Å². The Hall–Kier alpha value is -2.37. The first-order chi connectivity index (χ1) is 10.6. The van der Waals surface area contributed by atoms with Crippen molar-refractivity contribution >= 4 is 17.7 Å². The van der Waals surface area contributed by atoms with Crippen molar-refractivity contribution in [3.05, 3.63) is 35.4 Å². The number of nitrogens with zero attached hydrogens (tertiary/aromatic N) is 1. The lowest BCUT2D eigenvalue weighted by atomic mass is 10.1. The van der Waals surface area contributed by atoms with Gasteiger partial charge in [0.25, 0.3) is 11.8 Å². The van der Waals surface area contributed by atoms with Gasteiger partial charge < -0.3 is 4.90 Å². The van der Waals surface area contributed by atoms with E-state index in [0.29, 0.717) is 18.5 Å². The standard InChI is InChI=1S/C16H21N3O3/c1-2-12-6-8-13(9-7-12)16(22)18-17-14(20)11-19-10-4-3-5-15(19)21/h6-9H,2-5,10-11H2,1H3,(H,17,20)(H,18,22). The SMILES string of the molecule is CCc1ccc(C(=O)NNC(=O)CN2CCCCC2=O)cc1. The van der Waals surface area contributed by atoms with Gasteiger partial charge in [0.1, 0.15) is 6.54 Å². The van der Waals surface area contributed by atoms with E-state index in [9.17, 15) is 14.4 Å². The Kier molecular flexibility index (Phi) is 5.52. The highest BCUT2D eigenvalue weighted by Crippen LogP contribution is 2.09. The van der Waals surface area contributed by atoms with Crippen LogP contribution < -0.4 is 10.9 Å². The van der Waals surface area contributed by atoms with E-state index in [-0.39, 0.29) is 18.4 Å². The highest BCUT2D eigenvalue weighted by molar-refractivity contribution is 5.95. The summed E-state index contributed by atoms with van der Waals surface area (Å²) >= 11 is 0. The molecule has 0 radical (unpaired) electrons. The van der Waals surface area contributed by atoms with Crippen LogP contribution in [0.2, 0.25) is 0 Å². The summed E-state index contributed by atoms with van der Waals surface area (Å²) in [6.07, 6.45) is 3.18. The summed E-state index contributed by atoms with van der Waals surface area (Å²) in [6, 6.07) is 7.19. The van der Waals surface area contributed by atoms with Gasteiger partial charge in [-0.1, -0.05) is 19.1 Å². The summed E-state index contributed by atoms with van der Waals surface area (Å²) < 4.78 is 0. The Balaban J connectivity index is 1.79. The molecule has 0 aromatic heterocycles. The summed E-state index contributed by atoms with van der Waals surface area (Å²) in [5.41, 5.74) is 6.33. The number of carbonyl (C=O) groups is 3. The second-order valence-electron chi connectivity index (χ2n) is 5.33. The number of likely N-dealkylation sites (tertiary alicyclic amines) is 1. The maximum Gasteiger partial charge on any atom is 0.269 e. The smallest absolute Gasteiger partial charge is 0.269 e. The fraction of sp³-hybridized carbons (Fsp3) is 0.438. The van der Waals surface area contributed by atoms with Gasteiger partial charge in [-0.15, -0.1) is 0 Å². The predicted molar refractivity (Wildman–Crippen MR) is 81.9 cm³/mol. The third kappa shape index (κ3) is 4.31. The molecule has 0 saturated carbocycles. The van der Waals surface area contributed by atoms with Crippen LogP contribution in [0.3, 0.4) is 0 Å². The highest BCUT2D eigenvalue weighted by Gasteiger charge is 2.20. The van der Waals surface area contributed by atoms with Gasteiger partial charge in [0.15, 0.2) is 0 Å². The normalized spacial score (nSPS) is 14.6. The zero-order valence-electron chi connectivity index (χ0n) is 12.7. The predicted octanol–water partition coefficient (Wildman–Crippen LogP) is 1.02. The van der Waals surface area contributed by atoms with Gasteiger partial charge in [-0.25, -0.2) is 0 Å².